The number of nitrogens with zero attached hydrogens (tertiary/aromatic N) is 2. The fourth-order valence-electron chi connectivity index (χ4n) is 1.36. The van der Waals surface area contributed by atoms with E-state index in [0.29, 0.717) is 10.8 Å². The third-order valence-electron chi connectivity index (χ3n) is 1.99. The second-order valence-electron chi connectivity index (χ2n) is 2.85. The molecule has 0 aliphatic rings. The van der Waals surface area contributed by atoms with E-state index < -0.39 is 4.92 Å². The molecule has 15 heavy (non-hydrogen) atoms. The van der Waals surface area contributed by atoms with Crippen molar-refractivity contribution in [2.24, 2.45) is 0 Å². The van der Waals surface area contributed by atoms with Gasteiger partial charge in [-0.15, -0.1) is 0 Å². The number of hydrogen-bond donors (Lipinski definition) is 0. The molecule has 0 bridgehead atoms. The first-order valence-electron chi connectivity index (χ1n) is 3.98. The van der Waals surface area contributed by atoms with E-state index in [4.69, 9.17) is 23.2 Å². The molecule has 6 heteroatoms. The Bertz CT molecular complexity index is 557. The van der Waals surface area contributed by atoms with E-state index in [2.05, 4.69) is 4.98 Å². The lowest BCUT2D eigenvalue weighted by atomic mass is 10.1. The van der Waals surface area contributed by atoms with E-state index in [1.165, 1.54) is 12.3 Å². The minimum Gasteiger partial charge on any atom is -0.258 e. The molecule has 4 nitrogen and oxygen atoms in total. The molecule has 1 heterocycles. The number of non-ortho nitro benzene ring substituents is 1. The molecule has 1 aromatic heterocycles. The van der Waals surface area contributed by atoms with Crippen molar-refractivity contribution in [2.75, 3.05) is 0 Å². The van der Waals surface area contributed by atoms with Crippen LogP contribution in [0.3, 0.4) is 0 Å². The number of fused-ring (bicyclic) bond motifs is 1. The van der Waals surface area contributed by atoms with Crippen molar-refractivity contribution in [3.05, 3.63) is 44.7 Å². The predicted octanol–water partition coefficient (Wildman–Crippen LogP) is 3.45. The highest BCUT2D eigenvalue weighted by Gasteiger charge is 2.16. The van der Waals surface area contributed by atoms with Gasteiger partial charge >= 0.3 is 0 Å². The van der Waals surface area contributed by atoms with Gasteiger partial charge in [0.05, 0.1) is 15.3 Å². The number of rotatable bonds is 1. The van der Waals surface area contributed by atoms with Crippen molar-refractivity contribution >= 4 is 39.7 Å². The van der Waals surface area contributed by atoms with E-state index in [-0.39, 0.29) is 15.9 Å². The smallest absolute Gasteiger partial charge is 0.258 e. The Morgan fingerprint density at radius 2 is 2.07 bits per heavy atom. The molecule has 2 rings (SSSR count). The van der Waals surface area contributed by atoms with Gasteiger partial charge < -0.3 is 0 Å². The van der Waals surface area contributed by atoms with Crippen LogP contribution in [0.15, 0.2) is 24.4 Å². The average molecular weight is 243 g/mol. The van der Waals surface area contributed by atoms with Gasteiger partial charge in [0.2, 0.25) is 0 Å². The molecule has 0 aliphatic carbocycles. The van der Waals surface area contributed by atoms with Crippen LogP contribution in [0, 0.1) is 10.1 Å². The number of halogens is 2. The second kappa shape index (κ2) is 3.64. The molecule has 2 aromatic rings. The molecule has 0 amide bonds. The van der Waals surface area contributed by atoms with Gasteiger partial charge in [-0.1, -0.05) is 35.3 Å². The average Bonchev–Trinajstić information content (AvgIpc) is 2.23. The normalized spacial score (nSPS) is 10.5. The molecule has 1 aromatic carbocycles. The number of benzene rings is 1. The number of nitro groups is 1. The summed E-state index contributed by atoms with van der Waals surface area (Å²) < 4.78 is 0. The second-order valence-corrected chi connectivity index (χ2v) is 3.62. The molecule has 0 N–H and O–H groups in total. The molecule has 0 aliphatic heterocycles. The van der Waals surface area contributed by atoms with Gasteiger partial charge in [-0.3, -0.25) is 10.1 Å². The van der Waals surface area contributed by atoms with Crippen LogP contribution >= 0.6 is 23.2 Å². The predicted molar refractivity (Wildman–Crippen MR) is 58.4 cm³/mol. The number of pyridine rings is 1. The van der Waals surface area contributed by atoms with Gasteiger partial charge in [0.15, 0.2) is 0 Å². The Hall–Kier alpha value is -1.39. The maximum atomic E-state index is 10.8. The highest BCUT2D eigenvalue weighted by Crippen LogP contribution is 2.34. The van der Waals surface area contributed by atoms with Crippen molar-refractivity contribution in [1.82, 2.24) is 4.98 Å². The Morgan fingerprint density at radius 3 is 2.73 bits per heavy atom. The van der Waals surface area contributed by atoms with E-state index in [0.717, 1.165) is 0 Å². The molecule has 76 valence electrons. The van der Waals surface area contributed by atoms with Crippen LogP contribution in [-0.2, 0) is 0 Å². The molecule has 0 spiro atoms. The summed E-state index contributed by atoms with van der Waals surface area (Å²) in [6, 6.07) is 4.57. The van der Waals surface area contributed by atoms with E-state index in [1.54, 1.807) is 12.1 Å². The fraction of sp³-hybridized carbons (Fsp3) is 0. The summed E-state index contributed by atoms with van der Waals surface area (Å²) in [5.41, 5.74) is -0.0678. The van der Waals surface area contributed by atoms with Gasteiger partial charge in [0.1, 0.15) is 5.15 Å². The Kier molecular flexibility index (Phi) is 2.46. The first-order valence-corrected chi connectivity index (χ1v) is 4.74. The van der Waals surface area contributed by atoms with Crippen molar-refractivity contribution in [3.8, 4) is 0 Å². The van der Waals surface area contributed by atoms with Gasteiger partial charge in [-0.2, -0.15) is 0 Å². The summed E-state index contributed by atoms with van der Waals surface area (Å²) in [6.07, 6.45) is 1.30. The molecule has 0 saturated carbocycles. The van der Waals surface area contributed by atoms with E-state index >= 15 is 0 Å². The molecule has 0 unspecified atom stereocenters. The molecule has 0 fully saturated rings. The maximum absolute atomic E-state index is 10.8. The maximum Gasteiger partial charge on any atom is 0.278 e. The minimum absolute atomic E-state index is 0.0678. The standard InChI is InChI=1S/C9H4Cl2N2O2/c10-6-4-12-9(11)5-2-1-3-7(8(5)6)13(14)15/h1-4H. The third-order valence-corrected chi connectivity index (χ3v) is 2.58. The summed E-state index contributed by atoms with van der Waals surface area (Å²) in [4.78, 5) is 14.1. The Balaban J connectivity index is 2.96. The first kappa shape index (κ1) is 10.1. The van der Waals surface area contributed by atoms with Crippen LogP contribution in [0.1, 0.15) is 0 Å². The van der Waals surface area contributed by atoms with Crippen molar-refractivity contribution < 1.29 is 4.92 Å². The summed E-state index contributed by atoms with van der Waals surface area (Å²) >= 11 is 11.7. The van der Waals surface area contributed by atoms with Crippen LogP contribution < -0.4 is 0 Å². The highest BCUT2D eigenvalue weighted by molar-refractivity contribution is 6.40. The SMILES string of the molecule is O=[N+]([O-])c1cccc2c(Cl)ncc(Cl)c12. The lowest BCUT2D eigenvalue weighted by Crippen LogP contribution is -1.91. The summed E-state index contributed by atoms with van der Waals surface area (Å²) in [5.74, 6) is 0. The molecule has 0 atom stereocenters. The number of aromatic nitrogens is 1. The Labute approximate surface area is 94.6 Å². The van der Waals surface area contributed by atoms with Crippen molar-refractivity contribution in [3.63, 3.8) is 0 Å². The molecular formula is C9H4Cl2N2O2. The summed E-state index contributed by atoms with van der Waals surface area (Å²) in [5, 5.41) is 12.0. The molecule has 0 radical (unpaired) electrons. The van der Waals surface area contributed by atoms with Gasteiger partial charge in [0.25, 0.3) is 5.69 Å². The fourth-order valence-corrected chi connectivity index (χ4v) is 1.82. The third kappa shape index (κ3) is 1.62. The van der Waals surface area contributed by atoms with Crippen molar-refractivity contribution in [2.45, 2.75) is 0 Å². The highest BCUT2D eigenvalue weighted by atomic mass is 35.5. The van der Waals surface area contributed by atoms with Gasteiger partial charge in [-0.05, 0) is 0 Å². The lowest BCUT2D eigenvalue weighted by Gasteiger charge is -2.02. The summed E-state index contributed by atoms with van der Waals surface area (Å²) in [6.45, 7) is 0. The first-order chi connectivity index (χ1) is 7.11. The zero-order valence-electron chi connectivity index (χ0n) is 7.28. The monoisotopic (exact) mass is 242 g/mol. The number of nitro benzene ring substituents is 1. The van der Waals surface area contributed by atoms with Gasteiger partial charge in [-0.25, -0.2) is 4.98 Å². The largest absolute Gasteiger partial charge is 0.278 e. The van der Waals surface area contributed by atoms with E-state index in [1.807, 2.05) is 0 Å². The lowest BCUT2D eigenvalue weighted by molar-refractivity contribution is -0.383. The molecule has 0 saturated heterocycles. The number of hydrogen-bond acceptors (Lipinski definition) is 3. The molecular weight excluding hydrogens is 239 g/mol. The van der Waals surface area contributed by atoms with E-state index in [9.17, 15) is 10.1 Å². The van der Waals surface area contributed by atoms with Crippen molar-refractivity contribution in [1.29, 1.82) is 0 Å². The quantitative estimate of drug-likeness (QED) is 0.437. The van der Waals surface area contributed by atoms with Crippen LogP contribution in [0.5, 0.6) is 0 Å². The zero-order valence-corrected chi connectivity index (χ0v) is 8.79. The minimum atomic E-state index is -0.495. The van der Waals surface area contributed by atoms with Gasteiger partial charge in [0, 0.05) is 17.6 Å². The zero-order chi connectivity index (χ0) is 11.0. The van der Waals surface area contributed by atoms with Crippen LogP contribution in [0.4, 0.5) is 5.69 Å². The van der Waals surface area contributed by atoms with Crippen LogP contribution in [0.2, 0.25) is 10.2 Å². The Morgan fingerprint density at radius 1 is 1.33 bits per heavy atom. The van der Waals surface area contributed by atoms with Crippen LogP contribution in [0.25, 0.3) is 10.8 Å². The summed E-state index contributed by atoms with van der Waals surface area (Å²) in [7, 11) is 0. The van der Waals surface area contributed by atoms with Crippen LogP contribution in [-0.4, -0.2) is 9.91 Å². The topological polar surface area (TPSA) is 56.0 Å².